The first-order valence-corrected chi connectivity index (χ1v) is 4.34. The lowest BCUT2D eigenvalue weighted by atomic mass is 10.1. The number of alkyl halides is 3. The molecule has 6 heteroatoms. The third-order valence-corrected chi connectivity index (χ3v) is 1.83. The minimum atomic E-state index is -4.15. The minimum Gasteiger partial charge on any atom is -0.388 e. The van der Waals surface area contributed by atoms with Crippen molar-refractivity contribution in [3.8, 4) is 0 Å². The predicted molar refractivity (Wildman–Crippen MR) is 47.8 cm³/mol. The first-order valence-electron chi connectivity index (χ1n) is 4.34. The van der Waals surface area contributed by atoms with Gasteiger partial charge in [0.15, 0.2) is 0 Å². The van der Waals surface area contributed by atoms with E-state index in [1.54, 1.807) is 0 Å². The van der Waals surface area contributed by atoms with Gasteiger partial charge in [-0.3, -0.25) is 0 Å². The highest BCUT2D eigenvalue weighted by atomic mass is 19.4. The Balaban J connectivity index is 3.82. The van der Waals surface area contributed by atoms with Gasteiger partial charge in [-0.1, -0.05) is 0 Å². The lowest BCUT2D eigenvalue weighted by Crippen LogP contribution is -2.45. The maximum Gasteiger partial charge on any atom is 0.390 e. The van der Waals surface area contributed by atoms with Crippen molar-refractivity contribution in [2.45, 2.75) is 25.1 Å². The van der Waals surface area contributed by atoms with E-state index >= 15 is 0 Å². The molecule has 0 radical (unpaired) electrons. The molecule has 0 bridgehead atoms. The molecule has 0 aliphatic carbocycles. The Morgan fingerprint density at radius 3 is 2.21 bits per heavy atom. The average Bonchev–Trinajstić information content (AvgIpc) is 1.99. The summed E-state index contributed by atoms with van der Waals surface area (Å²) in [4.78, 5) is 1.42. The maximum atomic E-state index is 11.8. The first kappa shape index (κ1) is 13.7. The molecule has 0 spiro atoms. The summed E-state index contributed by atoms with van der Waals surface area (Å²) in [7, 11) is 1.52. The van der Waals surface area contributed by atoms with Gasteiger partial charge in [0.25, 0.3) is 0 Å². The van der Waals surface area contributed by atoms with Crippen LogP contribution in [-0.4, -0.2) is 48.5 Å². The smallest absolute Gasteiger partial charge is 0.388 e. The van der Waals surface area contributed by atoms with Crippen molar-refractivity contribution in [2.24, 2.45) is 5.73 Å². The van der Waals surface area contributed by atoms with Crippen LogP contribution in [-0.2, 0) is 0 Å². The Labute approximate surface area is 81.7 Å². The normalized spacial score (nSPS) is 17.1. The third-order valence-electron chi connectivity index (χ3n) is 1.83. The number of halogens is 3. The van der Waals surface area contributed by atoms with Gasteiger partial charge in [-0.25, -0.2) is 0 Å². The fraction of sp³-hybridized carbons (Fsp3) is 1.00. The molecule has 3 N–H and O–H groups in total. The monoisotopic (exact) mass is 214 g/mol. The van der Waals surface area contributed by atoms with Crippen LogP contribution in [0.1, 0.15) is 13.3 Å². The molecule has 0 aromatic rings. The van der Waals surface area contributed by atoms with Crippen LogP contribution in [0.25, 0.3) is 0 Å². The molecule has 14 heavy (non-hydrogen) atoms. The summed E-state index contributed by atoms with van der Waals surface area (Å²) in [5.41, 5.74) is 4.11. The Morgan fingerprint density at radius 2 is 1.86 bits per heavy atom. The van der Waals surface area contributed by atoms with E-state index in [1.165, 1.54) is 18.9 Å². The quantitative estimate of drug-likeness (QED) is 0.704. The van der Waals surface area contributed by atoms with E-state index in [1.807, 2.05) is 0 Å². The van der Waals surface area contributed by atoms with Crippen LogP contribution in [0.2, 0.25) is 0 Å². The second-order valence-electron chi connectivity index (χ2n) is 3.80. The summed E-state index contributed by atoms with van der Waals surface area (Å²) < 4.78 is 35.5. The number of hydrogen-bond donors (Lipinski definition) is 2. The zero-order valence-corrected chi connectivity index (χ0v) is 8.43. The Hall–Kier alpha value is -0.330. The summed E-state index contributed by atoms with van der Waals surface area (Å²) in [5, 5.41) is 9.48. The molecule has 0 aliphatic rings. The molecule has 0 heterocycles. The van der Waals surface area contributed by atoms with E-state index < -0.39 is 18.2 Å². The van der Waals surface area contributed by atoms with Gasteiger partial charge in [0.2, 0.25) is 0 Å². The van der Waals surface area contributed by atoms with E-state index in [2.05, 4.69) is 0 Å². The van der Waals surface area contributed by atoms with Gasteiger partial charge in [0, 0.05) is 19.6 Å². The van der Waals surface area contributed by atoms with Crippen molar-refractivity contribution in [3.63, 3.8) is 0 Å². The molecule has 0 fully saturated rings. The lowest BCUT2D eigenvalue weighted by Gasteiger charge is -2.27. The summed E-state index contributed by atoms with van der Waals surface area (Å²) in [5.74, 6) is 0. The minimum absolute atomic E-state index is 0.0311. The number of nitrogens with zero attached hydrogens (tertiary/aromatic N) is 1. The van der Waals surface area contributed by atoms with Gasteiger partial charge < -0.3 is 15.7 Å². The summed E-state index contributed by atoms with van der Waals surface area (Å²) in [6.07, 6.45) is -5.02. The number of rotatable bonds is 5. The van der Waals surface area contributed by atoms with Crippen LogP contribution in [0.15, 0.2) is 0 Å². The van der Waals surface area contributed by atoms with Crippen LogP contribution < -0.4 is 5.73 Å². The third kappa shape index (κ3) is 7.11. The van der Waals surface area contributed by atoms with Gasteiger partial charge in [-0.2, -0.15) is 13.2 Å². The van der Waals surface area contributed by atoms with Crippen LogP contribution in [0.4, 0.5) is 13.2 Å². The molecule has 0 rings (SSSR count). The molecule has 86 valence electrons. The molecule has 0 amide bonds. The van der Waals surface area contributed by atoms with Crippen molar-refractivity contribution in [1.82, 2.24) is 4.90 Å². The average molecular weight is 214 g/mol. The second kappa shape index (κ2) is 4.95. The number of nitrogens with two attached hydrogens (primary N) is 1. The highest BCUT2D eigenvalue weighted by Gasteiger charge is 2.28. The number of hydrogen-bond acceptors (Lipinski definition) is 3. The van der Waals surface area contributed by atoms with Gasteiger partial charge in [0.1, 0.15) is 0 Å². The SMILES string of the molecule is CN(CCC(F)(F)F)CC(C)(O)CN. The van der Waals surface area contributed by atoms with Gasteiger partial charge in [0.05, 0.1) is 12.0 Å². The fourth-order valence-electron chi connectivity index (χ4n) is 1.04. The standard InChI is InChI=1S/C8H17F3N2O/c1-7(14,5-12)6-13(2)4-3-8(9,10)11/h14H,3-6,12H2,1-2H3. The van der Waals surface area contributed by atoms with E-state index in [9.17, 15) is 18.3 Å². The maximum absolute atomic E-state index is 11.8. The second-order valence-corrected chi connectivity index (χ2v) is 3.80. The lowest BCUT2D eigenvalue weighted by molar-refractivity contribution is -0.138. The highest BCUT2D eigenvalue weighted by molar-refractivity contribution is 4.77. The molecule has 0 aromatic heterocycles. The van der Waals surface area contributed by atoms with Crippen molar-refractivity contribution in [1.29, 1.82) is 0 Å². The molecule has 1 atom stereocenters. The molecule has 0 saturated carbocycles. The van der Waals surface area contributed by atoms with Crippen molar-refractivity contribution >= 4 is 0 Å². The predicted octanol–water partition coefficient (Wildman–Crippen LogP) is 0.580. The van der Waals surface area contributed by atoms with Crippen LogP contribution in [0.3, 0.4) is 0 Å². The van der Waals surface area contributed by atoms with Crippen LogP contribution in [0, 0.1) is 0 Å². The zero-order chi connectivity index (χ0) is 11.4. The van der Waals surface area contributed by atoms with E-state index in [0.717, 1.165) is 0 Å². The summed E-state index contributed by atoms with van der Waals surface area (Å²) >= 11 is 0. The molecular weight excluding hydrogens is 197 g/mol. The van der Waals surface area contributed by atoms with E-state index in [4.69, 9.17) is 5.73 Å². The topological polar surface area (TPSA) is 49.5 Å². The Bertz CT molecular complexity index is 170. The molecular formula is C8H17F3N2O. The van der Waals surface area contributed by atoms with Gasteiger partial charge >= 0.3 is 6.18 Å². The number of aliphatic hydroxyl groups is 1. The van der Waals surface area contributed by atoms with Crippen LogP contribution in [0.5, 0.6) is 0 Å². The van der Waals surface area contributed by atoms with Crippen molar-refractivity contribution in [2.75, 3.05) is 26.7 Å². The fourth-order valence-corrected chi connectivity index (χ4v) is 1.04. The largest absolute Gasteiger partial charge is 0.390 e. The molecule has 0 aromatic carbocycles. The van der Waals surface area contributed by atoms with Crippen molar-refractivity contribution < 1.29 is 18.3 Å². The summed E-state index contributed by atoms with van der Waals surface area (Å²) in [6.45, 7) is 1.54. The Kier molecular flexibility index (Phi) is 4.83. The van der Waals surface area contributed by atoms with Gasteiger partial charge in [-0.15, -0.1) is 0 Å². The first-order chi connectivity index (χ1) is 6.16. The molecule has 0 aliphatic heterocycles. The summed E-state index contributed by atoms with van der Waals surface area (Å²) in [6, 6.07) is 0. The molecule has 0 saturated heterocycles. The number of likely N-dealkylation sites (N-methyl/N-ethyl adjacent to an activating group) is 1. The Morgan fingerprint density at radius 1 is 1.36 bits per heavy atom. The van der Waals surface area contributed by atoms with Crippen molar-refractivity contribution in [3.05, 3.63) is 0 Å². The van der Waals surface area contributed by atoms with E-state index in [-0.39, 0.29) is 19.6 Å². The van der Waals surface area contributed by atoms with Gasteiger partial charge in [-0.05, 0) is 14.0 Å². The molecule has 1 unspecified atom stereocenters. The highest BCUT2D eigenvalue weighted by Crippen LogP contribution is 2.19. The molecule has 3 nitrogen and oxygen atoms in total. The zero-order valence-electron chi connectivity index (χ0n) is 8.43. The van der Waals surface area contributed by atoms with E-state index in [0.29, 0.717) is 0 Å². The van der Waals surface area contributed by atoms with Crippen LogP contribution >= 0.6 is 0 Å².